The number of rotatable bonds is 4. The number of benzene rings is 1. The van der Waals surface area contributed by atoms with Gasteiger partial charge in [-0.25, -0.2) is 0 Å². The molecule has 0 unspecified atom stereocenters. The van der Waals surface area contributed by atoms with Gasteiger partial charge in [-0.1, -0.05) is 6.08 Å². The monoisotopic (exact) mass is 252 g/mol. The van der Waals surface area contributed by atoms with Crippen LogP contribution in [0.15, 0.2) is 37.1 Å². The van der Waals surface area contributed by atoms with Crippen molar-refractivity contribution in [3.63, 3.8) is 0 Å². The van der Waals surface area contributed by atoms with Crippen LogP contribution in [0.25, 0.3) is 10.9 Å². The summed E-state index contributed by atoms with van der Waals surface area (Å²) >= 11 is 0. The fraction of sp³-hybridized carbons (Fsp3) is 0.231. The summed E-state index contributed by atoms with van der Waals surface area (Å²) in [5, 5.41) is 1.12. The first-order chi connectivity index (χ1) is 7.76. The third-order valence-electron chi connectivity index (χ3n) is 2.74. The van der Waals surface area contributed by atoms with Crippen LogP contribution >= 0.6 is 12.4 Å². The molecule has 0 bridgehead atoms. The minimum atomic E-state index is -0.0154. The molecule has 0 aliphatic carbocycles. The number of H-pyrrole nitrogens is 1. The first-order valence-corrected chi connectivity index (χ1v) is 5.27. The molecule has 3 nitrogen and oxygen atoms in total. The molecule has 0 fully saturated rings. The summed E-state index contributed by atoms with van der Waals surface area (Å²) < 4.78 is 5.21. The van der Waals surface area contributed by atoms with E-state index in [0.717, 1.165) is 28.6 Å². The maximum absolute atomic E-state index is 6.08. The van der Waals surface area contributed by atoms with E-state index in [0.29, 0.717) is 0 Å². The van der Waals surface area contributed by atoms with Crippen molar-refractivity contribution < 1.29 is 4.74 Å². The highest BCUT2D eigenvalue weighted by molar-refractivity contribution is 5.85. The number of nitrogens with two attached hydrogens (primary N) is 1. The van der Waals surface area contributed by atoms with E-state index in [9.17, 15) is 0 Å². The van der Waals surface area contributed by atoms with Gasteiger partial charge in [0.25, 0.3) is 0 Å². The second-order valence-electron chi connectivity index (χ2n) is 3.79. The normalized spacial score (nSPS) is 11.9. The molecule has 0 spiro atoms. The number of halogens is 1. The van der Waals surface area contributed by atoms with E-state index in [1.807, 2.05) is 30.5 Å². The molecule has 0 aliphatic heterocycles. The number of nitrogens with one attached hydrogen (secondary N) is 1. The lowest BCUT2D eigenvalue weighted by molar-refractivity contribution is 0.415. The molecule has 1 atom stereocenters. The minimum Gasteiger partial charge on any atom is -0.497 e. The van der Waals surface area contributed by atoms with Crippen molar-refractivity contribution in [2.45, 2.75) is 12.5 Å². The molecule has 4 heteroatoms. The zero-order valence-electron chi connectivity index (χ0n) is 9.77. The minimum absolute atomic E-state index is 0. The highest BCUT2D eigenvalue weighted by Crippen LogP contribution is 2.28. The predicted octanol–water partition coefficient (Wildman–Crippen LogP) is 3.17. The van der Waals surface area contributed by atoms with Gasteiger partial charge in [-0.2, -0.15) is 0 Å². The molecule has 0 saturated heterocycles. The van der Waals surface area contributed by atoms with Crippen LogP contribution in [-0.2, 0) is 0 Å². The van der Waals surface area contributed by atoms with E-state index in [4.69, 9.17) is 10.5 Å². The molecule has 0 saturated carbocycles. The predicted molar refractivity (Wildman–Crippen MR) is 73.8 cm³/mol. The fourth-order valence-electron chi connectivity index (χ4n) is 1.86. The smallest absolute Gasteiger partial charge is 0.119 e. The Morgan fingerprint density at radius 1 is 1.53 bits per heavy atom. The van der Waals surface area contributed by atoms with Crippen molar-refractivity contribution in [2.75, 3.05) is 7.11 Å². The average Bonchev–Trinajstić information content (AvgIpc) is 2.71. The zero-order chi connectivity index (χ0) is 11.5. The van der Waals surface area contributed by atoms with Gasteiger partial charge in [0.2, 0.25) is 0 Å². The lowest BCUT2D eigenvalue weighted by atomic mass is 10.0. The number of hydrogen-bond donors (Lipinski definition) is 2. The van der Waals surface area contributed by atoms with Crippen molar-refractivity contribution in [3.05, 3.63) is 42.6 Å². The molecule has 0 aliphatic rings. The fourth-order valence-corrected chi connectivity index (χ4v) is 1.86. The van der Waals surface area contributed by atoms with Crippen LogP contribution in [0, 0.1) is 0 Å². The third-order valence-corrected chi connectivity index (χ3v) is 2.74. The Labute approximate surface area is 107 Å². The van der Waals surface area contributed by atoms with Crippen molar-refractivity contribution in [1.29, 1.82) is 0 Å². The van der Waals surface area contributed by atoms with E-state index in [1.165, 1.54) is 0 Å². The average molecular weight is 253 g/mol. The summed E-state index contributed by atoms with van der Waals surface area (Å²) in [5.41, 5.74) is 8.26. The summed E-state index contributed by atoms with van der Waals surface area (Å²) in [5.74, 6) is 0.846. The van der Waals surface area contributed by atoms with E-state index in [-0.39, 0.29) is 18.4 Å². The van der Waals surface area contributed by atoms with Gasteiger partial charge >= 0.3 is 0 Å². The number of hydrogen-bond acceptors (Lipinski definition) is 2. The van der Waals surface area contributed by atoms with E-state index in [2.05, 4.69) is 11.6 Å². The summed E-state index contributed by atoms with van der Waals surface area (Å²) in [6, 6.07) is 5.92. The Morgan fingerprint density at radius 3 is 2.94 bits per heavy atom. The van der Waals surface area contributed by atoms with Gasteiger partial charge in [-0.15, -0.1) is 19.0 Å². The molecule has 3 N–H and O–H groups in total. The Morgan fingerprint density at radius 2 is 2.29 bits per heavy atom. The van der Waals surface area contributed by atoms with Crippen LogP contribution in [0.4, 0.5) is 0 Å². The second kappa shape index (κ2) is 5.75. The quantitative estimate of drug-likeness (QED) is 0.822. The van der Waals surface area contributed by atoms with Gasteiger partial charge in [-0.05, 0) is 30.2 Å². The molecule has 0 radical (unpaired) electrons. The summed E-state index contributed by atoms with van der Waals surface area (Å²) in [6.07, 6.45) is 4.56. The molecule has 2 rings (SSSR count). The molecule has 2 aromatic rings. The Bertz CT molecular complexity index is 507. The van der Waals surface area contributed by atoms with Crippen LogP contribution in [-0.4, -0.2) is 12.1 Å². The van der Waals surface area contributed by atoms with E-state index in [1.54, 1.807) is 7.11 Å². The number of methoxy groups -OCH3 is 1. The van der Waals surface area contributed by atoms with Gasteiger partial charge in [0.05, 0.1) is 7.11 Å². The second-order valence-corrected chi connectivity index (χ2v) is 3.79. The number of aromatic amines is 1. The molecule has 17 heavy (non-hydrogen) atoms. The maximum Gasteiger partial charge on any atom is 0.119 e. The molecule has 1 heterocycles. The van der Waals surface area contributed by atoms with Gasteiger partial charge in [-0.3, -0.25) is 0 Å². The Hall–Kier alpha value is -1.45. The molecule has 0 amide bonds. The summed E-state index contributed by atoms with van der Waals surface area (Å²) in [4.78, 5) is 3.21. The highest BCUT2D eigenvalue weighted by atomic mass is 35.5. The van der Waals surface area contributed by atoms with Crippen LogP contribution < -0.4 is 10.5 Å². The number of fused-ring (bicyclic) bond motifs is 1. The van der Waals surface area contributed by atoms with Crippen molar-refractivity contribution in [1.82, 2.24) is 4.98 Å². The van der Waals surface area contributed by atoms with Crippen molar-refractivity contribution >= 4 is 23.3 Å². The summed E-state index contributed by atoms with van der Waals surface area (Å²) in [6.45, 7) is 3.71. The molecular weight excluding hydrogens is 236 g/mol. The van der Waals surface area contributed by atoms with Gasteiger partial charge in [0.1, 0.15) is 5.75 Å². The highest BCUT2D eigenvalue weighted by Gasteiger charge is 2.10. The Balaban J connectivity index is 0.00000144. The maximum atomic E-state index is 6.08. The number of ether oxygens (including phenoxy) is 1. The molecule has 1 aromatic heterocycles. The SMILES string of the molecule is C=CC[C@H](N)c1c[nH]c2ccc(OC)cc12.Cl. The lowest BCUT2D eigenvalue weighted by Gasteiger charge is -2.08. The van der Waals surface area contributed by atoms with Crippen LogP contribution in [0.5, 0.6) is 5.75 Å². The van der Waals surface area contributed by atoms with E-state index >= 15 is 0 Å². The standard InChI is InChI=1S/C13H16N2O.ClH/c1-3-4-12(14)11-8-15-13-6-5-9(16-2)7-10(11)13;/h3,5-8,12,15H,1,4,14H2,2H3;1H/t12-;/m0./s1. The Kier molecular flexibility index (Phi) is 4.61. The first kappa shape index (κ1) is 13.6. The van der Waals surface area contributed by atoms with Crippen LogP contribution in [0.1, 0.15) is 18.0 Å². The first-order valence-electron chi connectivity index (χ1n) is 5.27. The largest absolute Gasteiger partial charge is 0.497 e. The van der Waals surface area contributed by atoms with Gasteiger partial charge < -0.3 is 15.5 Å². The van der Waals surface area contributed by atoms with Gasteiger partial charge in [0, 0.05) is 23.1 Å². The topological polar surface area (TPSA) is 51.0 Å². The molecule has 92 valence electrons. The van der Waals surface area contributed by atoms with Crippen molar-refractivity contribution in [2.24, 2.45) is 5.73 Å². The molecular formula is C13H17ClN2O. The van der Waals surface area contributed by atoms with E-state index < -0.39 is 0 Å². The molecule has 1 aromatic carbocycles. The van der Waals surface area contributed by atoms with Gasteiger partial charge in [0.15, 0.2) is 0 Å². The zero-order valence-corrected chi connectivity index (χ0v) is 10.6. The third kappa shape index (κ3) is 2.62. The lowest BCUT2D eigenvalue weighted by Crippen LogP contribution is -2.08. The van der Waals surface area contributed by atoms with Crippen molar-refractivity contribution in [3.8, 4) is 5.75 Å². The number of aromatic nitrogens is 1. The van der Waals surface area contributed by atoms with Crippen LogP contribution in [0.2, 0.25) is 0 Å². The van der Waals surface area contributed by atoms with Crippen LogP contribution in [0.3, 0.4) is 0 Å². The summed E-state index contributed by atoms with van der Waals surface area (Å²) in [7, 11) is 1.66.